The number of H-pyrrole nitrogens is 1. The van der Waals surface area contributed by atoms with Gasteiger partial charge in [-0.3, -0.25) is 4.57 Å². The monoisotopic (exact) mass is 251 g/mol. The van der Waals surface area contributed by atoms with E-state index >= 15 is 0 Å². The summed E-state index contributed by atoms with van der Waals surface area (Å²) in [7, 11) is 2.08. The van der Waals surface area contributed by atoms with Crippen LogP contribution in [0.25, 0.3) is 11.0 Å². The highest BCUT2D eigenvalue weighted by atomic mass is 35.5. The molecule has 3 rings (SSSR count). The molecule has 0 aliphatic carbocycles. The highest BCUT2D eigenvalue weighted by Crippen LogP contribution is 2.26. The van der Waals surface area contributed by atoms with Crippen molar-refractivity contribution in [1.29, 1.82) is 0 Å². The Labute approximate surface area is 104 Å². The summed E-state index contributed by atoms with van der Waals surface area (Å²) >= 11 is 6.08. The summed E-state index contributed by atoms with van der Waals surface area (Å²) in [5, 5.41) is 0.602. The van der Waals surface area contributed by atoms with E-state index in [1.807, 2.05) is 16.7 Å². The Bertz CT molecular complexity index is 616. The molecule has 1 saturated heterocycles. The van der Waals surface area contributed by atoms with Crippen LogP contribution in [0.2, 0.25) is 5.02 Å². The zero-order chi connectivity index (χ0) is 12.0. The molecule has 0 bridgehead atoms. The summed E-state index contributed by atoms with van der Waals surface area (Å²) < 4.78 is 1.84. The zero-order valence-electron chi connectivity index (χ0n) is 9.61. The molecule has 90 valence electrons. The molecular weight excluding hydrogens is 238 g/mol. The molecule has 1 atom stereocenters. The number of hydrogen-bond donors (Lipinski definition) is 1. The van der Waals surface area contributed by atoms with E-state index in [4.69, 9.17) is 11.6 Å². The molecule has 1 aromatic heterocycles. The van der Waals surface area contributed by atoms with E-state index in [1.165, 1.54) is 0 Å². The maximum atomic E-state index is 12.0. The number of aromatic amines is 1. The molecule has 0 amide bonds. The quantitative estimate of drug-likeness (QED) is 0.841. The van der Waals surface area contributed by atoms with Crippen LogP contribution in [-0.2, 0) is 0 Å². The number of likely N-dealkylation sites (N-methyl/N-ethyl adjacent to an activating group) is 1. The van der Waals surface area contributed by atoms with Crippen LogP contribution >= 0.6 is 11.6 Å². The van der Waals surface area contributed by atoms with Gasteiger partial charge in [-0.05, 0) is 32.1 Å². The normalized spacial score (nSPS) is 21.4. The van der Waals surface area contributed by atoms with Gasteiger partial charge in [-0.1, -0.05) is 17.7 Å². The molecule has 0 radical (unpaired) electrons. The van der Waals surface area contributed by atoms with Gasteiger partial charge < -0.3 is 9.88 Å². The Hall–Kier alpha value is -1.26. The maximum absolute atomic E-state index is 12.0. The number of hydrogen-bond acceptors (Lipinski definition) is 2. The van der Waals surface area contributed by atoms with Gasteiger partial charge in [0.15, 0.2) is 0 Å². The van der Waals surface area contributed by atoms with Crippen molar-refractivity contribution in [1.82, 2.24) is 14.5 Å². The average molecular weight is 252 g/mol. The number of fused-ring (bicyclic) bond motifs is 1. The van der Waals surface area contributed by atoms with E-state index in [-0.39, 0.29) is 11.7 Å². The largest absolute Gasteiger partial charge is 0.326 e. The summed E-state index contributed by atoms with van der Waals surface area (Å²) in [4.78, 5) is 17.1. The van der Waals surface area contributed by atoms with Crippen LogP contribution in [0.5, 0.6) is 0 Å². The van der Waals surface area contributed by atoms with E-state index in [2.05, 4.69) is 16.9 Å². The third-order valence-electron chi connectivity index (χ3n) is 3.43. The molecular formula is C12H14ClN3O. The number of nitrogens with one attached hydrogen (secondary N) is 1. The molecule has 1 aromatic carbocycles. The maximum Gasteiger partial charge on any atom is 0.326 e. The molecule has 1 fully saturated rings. The van der Waals surface area contributed by atoms with Crippen molar-refractivity contribution in [3.8, 4) is 0 Å². The lowest BCUT2D eigenvalue weighted by Gasteiger charge is -2.12. The standard InChI is InChI=1S/C12H14ClN3O/c1-15-6-5-8(7-15)16-10-4-2-3-9(13)11(10)14-12(16)17/h2-4,8H,5-7H2,1H3,(H,14,17). The van der Waals surface area contributed by atoms with Crippen LogP contribution in [0.15, 0.2) is 23.0 Å². The van der Waals surface area contributed by atoms with Gasteiger partial charge in [-0.15, -0.1) is 0 Å². The smallest absolute Gasteiger partial charge is 0.304 e. The molecule has 2 aromatic rings. The van der Waals surface area contributed by atoms with Gasteiger partial charge in [0, 0.05) is 6.54 Å². The summed E-state index contributed by atoms with van der Waals surface area (Å²) in [5.41, 5.74) is 1.59. The summed E-state index contributed by atoms with van der Waals surface area (Å²) in [5.74, 6) is 0. The fraction of sp³-hybridized carbons (Fsp3) is 0.417. The van der Waals surface area contributed by atoms with Gasteiger partial charge in [0.05, 0.1) is 22.1 Å². The van der Waals surface area contributed by atoms with Crippen molar-refractivity contribution < 1.29 is 0 Å². The van der Waals surface area contributed by atoms with Crippen LogP contribution in [-0.4, -0.2) is 34.6 Å². The van der Waals surface area contributed by atoms with E-state index in [0.717, 1.165) is 30.5 Å². The number of imidazole rings is 1. The first-order valence-electron chi connectivity index (χ1n) is 5.74. The van der Waals surface area contributed by atoms with Crippen molar-refractivity contribution >= 4 is 22.6 Å². The third kappa shape index (κ3) is 1.68. The Morgan fingerprint density at radius 3 is 3.00 bits per heavy atom. The summed E-state index contributed by atoms with van der Waals surface area (Å²) in [6.07, 6.45) is 1.01. The van der Waals surface area contributed by atoms with Crippen molar-refractivity contribution in [2.45, 2.75) is 12.5 Å². The third-order valence-corrected chi connectivity index (χ3v) is 3.75. The molecule has 0 saturated carbocycles. The van der Waals surface area contributed by atoms with Crippen LogP contribution in [0.3, 0.4) is 0 Å². The second-order valence-corrected chi connectivity index (χ2v) is 5.05. The molecule has 5 heteroatoms. The summed E-state index contributed by atoms with van der Waals surface area (Å²) in [6, 6.07) is 5.87. The Morgan fingerprint density at radius 2 is 2.29 bits per heavy atom. The first-order valence-corrected chi connectivity index (χ1v) is 6.12. The number of nitrogens with zero attached hydrogens (tertiary/aromatic N) is 2. The van der Waals surface area contributed by atoms with Gasteiger partial charge in [0.2, 0.25) is 0 Å². The SMILES string of the molecule is CN1CCC(n2c(=O)[nH]c3c(Cl)cccc32)C1. The zero-order valence-corrected chi connectivity index (χ0v) is 10.4. The van der Waals surface area contributed by atoms with Crippen LogP contribution in [0, 0.1) is 0 Å². The minimum absolute atomic E-state index is 0.0617. The number of rotatable bonds is 1. The second kappa shape index (κ2) is 3.89. The van der Waals surface area contributed by atoms with Gasteiger partial charge >= 0.3 is 5.69 Å². The molecule has 4 nitrogen and oxygen atoms in total. The molecule has 1 unspecified atom stereocenters. The molecule has 2 heterocycles. The molecule has 17 heavy (non-hydrogen) atoms. The Kier molecular flexibility index (Phi) is 2.49. The topological polar surface area (TPSA) is 41.0 Å². The van der Waals surface area contributed by atoms with Crippen LogP contribution in [0.4, 0.5) is 0 Å². The van der Waals surface area contributed by atoms with Gasteiger partial charge in [-0.25, -0.2) is 4.79 Å². The number of halogens is 1. The second-order valence-electron chi connectivity index (χ2n) is 4.64. The average Bonchev–Trinajstić information content (AvgIpc) is 2.82. The van der Waals surface area contributed by atoms with Gasteiger partial charge in [0.1, 0.15) is 0 Å². The predicted molar refractivity (Wildman–Crippen MR) is 68.7 cm³/mol. The van der Waals surface area contributed by atoms with Crippen LogP contribution < -0.4 is 5.69 Å². The van der Waals surface area contributed by atoms with Gasteiger partial charge in [0.25, 0.3) is 0 Å². The number of benzene rings is 1. The fourth-order valence-corrected chi connectivity index (χ4v) is 2.82. The lowest BCUT2D eigenvalue weighted by atomic mass is 10.2. The Morgan fingerprint density at radius 1 is 1.47 bits per heavy atom. The van der Waals surface area contributed by atoms with E-state index in [9.17, 15) is 4.79 Å². The van der Waals surface area contributed by atoms with E-state index < -0.39 is 0 Å². The van der Waals surface area contributed by atoms with E-state index in [1.54, 1.807) is 6.07 Å². The van der Waals surface area contributed by atoms with Crippen molar-refractivity contribution in [2.75, 3.05) is 20.1 Å². The molecule has 1 aliphatic heterocycles. The minimum atomic E-state index is -0.0617. The first kappa shape index (κ1) is 10.9. The highest BCUT2D eigenvalue weighted by Gasteiger charge is 2.24. The van der Waals surface area contributed by atoms with Gasteiger partial charge in [-0.2, -0.15) is 0 Å². The number of para-hydroxylation sites is 1. The van der Waals surface area contributed by atoms with Crippen molar-refractivity contribution in [3.05, 3.63) is 33.7 Å². The molecule has 0 spiro atoms. The predicted octanol–water partition coefficient (Wildman–Crippen LogP) is 1.86. The highest BCUT2D eigenvalue weighted by molar-refractivity contribution is 6.34. The molecule has 1 aliphatic rings. The minimum Gasteiger partial charge on any atom is -0.304 e. The van der Waals surface area contributed by atoms with Crippen LogP contribution in [0.1, 0.15) is 12.5 Å². The lowest BCUT2D eigenvalue weighted by Crippen LogP contribution is -2.24. The van der Waals surface area contributed by atoms with Crippen molar-refractivity contribution in [3.63, 3.8) is 0 Å². The summed E-state index contributed by atoms with van der Waals surface area (Å²) in [6.45, 7) is 1.95. The van der Waals surface area contributed by atoms with E-state index in [0.29, 0.717) is 5.02 Å². The molecule has 1 N–H and O–H groups in total. The first-order chi connectivity index (χ1) is 8.16. The fourth-order valence-electron chi connectivity index (χ4n) is 2.60. The number of aromatic nitrogens is 2. The van der Waals surface area contributed by atoms with Crippen molar-refractivity contribution in [2.24, 2.45) is 0 Å². The number of likely N-dealkylation sites (tertiary alicyclic amines) is 1. The lowest BCUT2D eigenvalue weighted by molar-refractivity contribution is 0.392. The Balaban J connectivity index is 2.19.